The van der Waals surface area contributed by atoms with Crippen LogP contribution < -0.4 is 4.90 Å². The first-order valence-electron chi connectivity index (χ1n) is 7.77. The van der Waals surface area contributed by atoms with Gasteiger partial charge in [0.25, 0.3) is 5.69 Å². The fourth-order valence-corrected chi connectivity index (χ4v) is 3.25. The number of hydrogen-bond donors (Lipinski definition) is 0. The van der Waals surface area contributed by atoms with Crippen molar-refractivity contribution < 1.29 is 4.92 Å². The summed E-state index contributed by atoms with van der Waals surface area (Å²) in [4.78, 5) is 13.0. The Bertz CT molecular complexity index is 670. The molecule has 4 nitrogen and oxygen atoms in total. The van der Waals surface area contributed by atoms with Crippen LogP contribution in [0.2, 0.25) is 0 Å². The zero-order valence-electron chi connectivity index (χ0n) is 12.7. The smallest absolute Gasteiger partial charge is 0.269 e. The van der Waals surface area contributed by atoms with Crippen LogP contribution in [-0.4, -0.2) is 17.5 Å². The fourth-order valence-electron chi connectivity index (χ4n) is 3.25. The van der Waals surface area contributed by atoms with Crippen LogP contribution in [0, 0.1) is 10.1 Å². The highest BCUT2D eigenvalue weighted by Gasteiger charge is 2.29. The summed E-state index contributed by atoms with van der Waals surface area (Å²) < 4.78 is 0. The number of nitro groups is 1. The summed E-state index contributed by atoms with van der Waals surface area (Å²) in [6, 6.07) is 16.2. The molecule has 4 heteroatoms. The molecule has 2 aromatic rings. The second-order valence-corrected chi connectivity index (χ2v) is 5.77. The Labute approximate surface area is 130 Å². The number of fused-ring (bicyclic) bond motifs is 1. The Morgan fingerprint density at radius 2 is 2.00 bits per heavy atom. The Hall–Kier alpha value is -2.36. The molecule has 0 aliphatic carbocycles. The Balaban J connectivity index is 1.80. The number of anilines is 1. The van der Waals surface area contributed by atoms with Gasteiger partial charge in [-0.15, -0.1) is 0 Å². The van der Waals surface area contributed by atoms with E-state index in [1.807, 2.05) is 12.1 Å². The topological polar surface area (TPSA) is 46.4 Å². The van der Waals surface area contributed by atoms with E-state index in [2.05, 4.69) is 36.1 Å². The first-order valence-corrected chi connectivity index (χ1v) is 7.77. The van der Waals surface area contributed by atoms with Crippen molar-refractivity contribution in [3.05, 3.63) is 69.8 Å². The van der Waals surface area contributed by atoms with E-state index in [9.17, 15) is 10.1 Å². The summed E-state index contributed by atoms with van der Waals surface area (Å²) in [5.74, 6) is 0. The lowest BCUT2D eigenvalue weighted by Gasteiger charge is -2.26. The third-order valence-corrected chi connectivity index (χ3v) is 4.44. The summed E-state index contributed by atoms with van der Waals surface area (Å²) in [5.41, 5.74) is 3.79. The largest absolute Gasteiger partial charge is 0.368 e. The molecule has 0 N–H and O–H groups in total. The van der Waals surface area contributed by atoms with Crippen molar-refractivity contribution in [2.75, 3.05) is 11.4 Å². The lowest BCUT2D eigenvalue weighted by Crippen LogP contribution is -2.33. The van der Waals surface area contributed by atoms with Gasteiger partial charge in [-0.1, -0.05) is 37.3 Å². The van der Waals surface area contributed by atoms with E-state index in [1.165, 1.54) is 5.56 Å². The van der Waals surface area contributed by atoms with Crippen molar-refractivity contribution in [1.82, 2.24) is 0 Å². The van der Waals surface area contributed by atoms with Gasteiger partial charge in [-0.05, 0) is 36.5 Å². The molecule has 0 spiro atoms. The Morgan fingerprint density at radius 1 is 1.23 bits per heavy atom. The number of hydrogen-bond acceptors (Lipinski definition) is 3. The zero-order chi connectivity index (χ0) is 15.5. The molecule has 0 aromatic heterocycles. The van der Waals surface area contributed by atoms with Gasteiger partial charge in [-0.25, -0.2) is 0 Å². The molecule has 0 saturated heterocycles. The van der Waals surface area contributed by atoms with Crippen molar-refractivity contribution in [2.45, 2.75) is 32.2 Å². The third-order valence-electron chi connectivity index (χ3n) is 4.44. The average molecular weight is 296 g/mol. The van der Waals surface area contributed by atoms with E-state index >= 15 is 0 Å². The van der Waals surface area contributed by atoms with E-state index in [0.29, 0.717) is 6.04 Å². The monoisotopic (exact) mass is 296 g/mol. The van der Waals surface area contributed by atoms with E-state index in [0.717, 1.165) is 37.1 Å². The van der Waals surface area contributed by atoms with Gasteiger partial charge < -0.3 is 4.90 Å². The van der Waals surface area contributed by atoms with Crippen molar-refractivity contribution >= 4 is 11.4 Å². The van der Waals surface area contributed by atoms with E-state index in [4.69, 9.17) is 0 Å². The maximum Gasteiger partial charge on any atom is 0.269 e. The molecule has 1 aliphatic heterocycles. The molecular weight excluding hydrogens is 276 g/mol. The Morgan fingerprint density at radius 3 is 2.68 bits per heavy atom. The van der Waals surface area contributed by atoms with Gasteiger partial charge >= 0.3 is 0 Å². The van der Waals surface area contributed by atoms with Crippen molar-refractivity contribution in [2.24, 2.45) is 0 Å². The summed E-state index contributed by atoms with van der Waals surface area (Å²) in [6.07, 6.45) is 2.95. The number of rotatable bonds is 5. The molecule has 0 saturated carbocycles. The number of nitrogens with zero attached hydrogens (tertiary/aromatic N) is 2. The first-order chi connectivity index (χ1) is 10.7. The van der Waals surface area contributed by atoms with Gasteiger partial charge in [0, 0.05) is 30.4 Å². The highest BCUT2D eigenvalue weighted by atomic mass is 16.6. The van der Waals surface area contributed by atoms with E-state index < -0.39 is 0 Å². The molecule has 1 unspecified atom stereocenters. The summed E-state index contributed by atoms with van der Waals surface area (Å²) in [5, 5.41) is 10.9. The number of nitro benzene ring substituents is 1. The highest BCUT2D eigenvalue weighted by Crippen LogP contribution is 2.35. The van der Waals surface area contributed by atoms with E-state index in [-0.39, 0.29) is 10.6 Å². The fraction of sp³-hybridized carbons (Fsp3) is 0.333. The molecule has 3 rings (SSSR count). The molecule has 0 amide bonds. The van der Waals surface area contributed by atoms with Crippen LogP contribution in [-0.2, 0) is 12.8 Å². The third kappa shape index (κ3) is 2.82. The number of benzene rings is 2. The quantitative estimate of drug-likeness (QED) is 0.619. The van der Waals surface area contributed by atoms with Crippen molar-refractivity contribution in [1.29, 1.82) is 0 Å². The lowest BCUT2D eigenvalue weighted by atomic mass is 10.1. The van der Waals surface area contributed by atoms with Gasteiger partial charge in [0.1, 0.15) is 0 Å². The zero-order valence-corrected chi connectivity index (χ0v) is 12.7. The maximum atomic E-state index is 10.9. The first kappa shape index (κ1) is 14.6. The van der Waals surface area contributed by atoms with Crippen molar-refractivity contribution in [3.8, 4) is 0 Å². The Kier molecular flexibility index (Phi) is 4.09. The van der Waals surface area contributed by atoms with Gasteiger partial charge in [-0.2, -0.15) is 0 Å². The molecule has 1 aliphatic rings. The predicted octanol–water partition coefficient (Wildman–Crippen LogP) is 3.98. The predicted molar refractivity (Wildman–Crippen MR) is 88.4 cm³/mol. The SMILES string of the molecule is CCC1Cc2cc([N+](=O)[O-])ccc2N1CCc1ccccc1. The minimum absolute atomic E-state index is 0.193. The van der Waals surface area contributed by atoms with Gasteiger partial charge in [0.2, 0.25) is 0 Å². The highest BCUT2D eigenvalue weighted by molar-refractivity contribution is 5.62. The minimum atomic E-state index is -0.312. The molecule has 22 heavy (non-hydrogen) atoms. The second kappa shape index (κ2) is 6.18. The van der Waals surface area contributed by atoms with Crippen LogP contribution >= 0.6 is 0 Å². The molecule has 0 fully saturated rings. The minimum Gasteiger partial charge on any atom is -0.368 e. The number of non-ortho nitro benzene ring substituents is 1. The molecule has 0 bridgehead atoms. The van der Waals surface area contributed by atoms with Crippen LogP contribution in [0.25, 0.3) is 0 Å². The van der Waals surface area contributed by atoms with Gasteiger partial charge in [0.05, 0.1) is 4.92 Å². The van der Waals surface area contributed by atoms with Gasteiger partial charge in [-0.3, -0.25) is 10.1 Å². The van der Waals surface area contributed by atoms with Crippen LogP contribution in [0.3, 0.4) is 0 Å². The lowest BCUT2D eigenvalue weighted by molar-refractivity contribution is -0.384. The van der Waals surface area contributed by atoms with Crippen LogP contribution in [0.1, 0.15) is 24.5 Å². The summed E-state index contributed by atoms with van der Waals surface area (Å²) in [7, 11) is 0. The average Bonchev–Trinajstić information content (AvgIpc) is 2.90. The molecule has 0 radical (unpaired) electrons. The maximum absolute atomic E-state index is 10.9. The summed E-state index contributed by atoms with van der Waals surface area (Å²) >= 11 is 0. The molecular formula is C18H20N2O2. The molecule has 2 aromatic carbocycles. The molecule has 114 valence electrons. The molecule has 1 atom stereocenters. The van der Waals surface area contributed by atoms with Gasteiger partial charge in [0.15, 0.2) is 0 Å². The van der Waals surface area contributed by atoms with E-state index in [1.54, 1.807) is 12.1 Å². The van der Waals surface area contributed by atoms with Crippen LogP contribution in [0.15, 0.2) is 48.5 Å². The van der Waals surface area contributed by atoms with Crippen LogP contribution in [0.4, 0.5) is 11.4 Å². The van der Waals surface area contributed by atoms with Crippen molar-refractivity contribution in [3.63, 3.8) is 0 Å². The standard InChI is InChI=1S/C18H20N2O2/c1-2-16-12-15-13-17(20(21)22)8-9-18(15)19(16)11-10-14-6-4-3-5-7-14/h3-9,13,16H,2,10-12H2,1H3. The van der Waals surface area contributed by atoms with Crippen LogP contribution in [0.5, 0.6) is 0 Å². The second-order valence-electron chi connectivity index (χ2n) is 5.77. The normalized spacial score (nSPS) is 16.6. The summed E-state index contributed by atoms with van der Waals surface area (Å²) in [6.45, 7) is 3.13. The molecule has 1 heterocycles.